The molecule has 9 heteroatoms. The predicted molar refractivity (Wildman–Crippen MR) is 154 cm³/mol. The lowest BCUT2D eigenvalue weighted by molar-refractivity contribution is -0.115. The molecule has 1 atom stereocenters. The molecule has 1 amide bonds. The van der Waals surface area contributed by atoms with Crippen molar-refractivity contribution >= 4 is 36.4 Å². The highest BCUT2D eigenvalue weighted by atomic mass is 35.5. The Morgan fingerprint density at radius 2 is 1.63 bits per heavy atom. The largest absolute Gasteiger partial charge is 0.387 e. The minimum absolute atomic E-state index is 0. The molecule has 0 unspecified atom stereocenters. The van der Waals surface area contributed by atoms with E-state index in [9.17, 15) is 14.3 Å². The summed E-state index contributed by atoms with van der Waals surface area (Å²) in [7, 11) is 0. The number of imidazole rings is 1. The number of carbonyl (C=O) groups excluding carboxylic acids is 1. The second kappa shape index (κ2) is 15.2. The van der Waals surface area contributed by atoms with E-state index in [-0.39, 0.29) is 43.0 Å². The SMILES string of the molecule is Cc1cn(Cc2ccc(F)cc2)c(CC(=O)Nc2ccc(CCNC[C@H](O)c3ccccc3)cc2)n1.Cl.Cl. The number of aliphatic hydroxyl groups is 1. The van der Waals surface area contributed by atoms with Gasteiger partial charge in [-0.15, -0.1) is 24.8 Å². The summed E-state index contributed by atoms with van der Waals surface area (Å²) in [6.07, 6.45) is 2.33. The van der Waals surface area contributed by atoms with Gasteiger partial charge in [0.25, 0.3) is 0 Å². The van der Waals surface area contributed by atoms with Gasteiger partial charge in [-0.3, -0.25) is 4.79 Å². The lowest BCUT2D eigenvalue weighted by Gasteiger charge is -2.12. The molecule has 1 heterocycles. The van der Waals surface area contributed by atoms with Crippen LogP contribution in [0.15, 0.2) is 85.1 Å². The first-order valence-corrected chi connectivity index (χ1v) is 12.1. The third-order valence-electron chi connectivity index (χ3n) is 5.91. The second-order valence-corrected chi connectivity index (χ2v) is 8.86. The lowest BCUT2D eigenvalue weighted by atomic mass is 10.1. The molecule has 4 rings (SSSR count). The summed E-state index contributed by atoms with van der Waals surface area (Å²) in [5.74, 6) is 0.240. The maximum absolute atomic E-state index is 13.2. The number of nitrogens with zero attached hydrogens (tertiary/aromatic N) is 2. The van der Waals surface area contributed by atoms with E-state index in [0.29, 0.717) is 18.9 Å². The quantitative estimate of drug-likeness (QED) is 0.219. The summed E-state index contributed by atoms with van der Waals surface area (Å²) in [5, 5.41) is 16.4. The van der Waals surface area contributed by atoms with Gasteiger partial charge in [-0.05, 0) is 60.8 Å². The van der Waals surface area contributed by atoms with E-state index in [4.69, 9.17) is 0 Å². The molecular formula is C29H33Cl2FN4O2. The van der Waals surface area contributed by atoms with E-state index in [0.717, 1.165) is 41.0 Å². The van der Waals surface area contributed by atoms with Gasteiger partial charge in [-0.25, -0.2) is 9.37 Å². The molecule has 0 bridgehead atoms. The van der Waals surface area contributed by atoms with Crippen LogP contribution < -0.4 is 10.6 Å². The zero-order chi connectivity index (χ0) is 25.3. The Morgan fingerprint density at radius 1 is 0.974 bits per heavy atom. The van der Waals surface area contributed by atoms with Gasteiger partial charge < -0.3 is 20.3 Å². The van der Waals surface area contributed by atoms with Crippen LogP contribution >= 0.6 is 24.8 Å². The molecule has 0 aliphatic rings. The van der Waals surface area contributed by atoms with Crippen LogP contribution in [-0.2, 0) is 24.2 Å². The first-order valence-electron chi connectivity index (χ1n) is 12.1. The Hall–Kier alpha value is -3.23. The molecule has 0 aliphatic carbocycles. The number of hydrogen-bond acceptors (Lipinski definition) is 4. The average Bonchev–Trinajstić information content (AvgIpc) is 3.22. The van der Waals surface area contributed by atoms with E-state index in [1.807, 2.05) is 72.3 Å². The molecule has 3 N–H and O–H groups in total. The summed E-state index contributed by atoms with van der Waals surface area (Å²) in [6.45, 7) is 3.65. The number of anilines is 1. The molecule has 0 spiro atoms. The number of halogens is 3. The zero-order valence-corrected chi connectivity index (χ0v) is 22.8. The molecule has 202 valence electrons. The summed E-state index contributed by atoms with van der Waals surface area (Å²) in [4.78, 5) is 17.2. The maximum Gasteiger partial charge on any atom is 0.231 e. The first-order chi connectivity index (χ1) is 17.5. The maximum atomic E-state index is 13.2. The van der Waals surface area contributed by atoms with Gasteiger partial charge in [-0.1, -0.05) is 54.6 Å². The predicted octanol–water partition coefficient (Wildman–Crippen LogP) is 5.27. The fraction of sp³-hybridized carbons (Fsp3) is 0.241. The van der Waals surface area contributed by atoms with Crippen molar-refractivity contribution in [2.45, 2.75) is 32.4 Å². The van der Waals surface area contributed by atoms with E-state index >= 15 is 0 Å². The molecule has 3 aromatic carbocycles. The summed E-state index contributed by atoms with van der Waals surface area (Å²) < 4.78 is 15.1. The molecule has 38 heavy (non-hydrogen) atoms. The Bertz CT molecular complexity index is 1270. The number of aliphatic hydroxyl groups excluding tert-OH is 1. The van der Waals surface area contributed by atoms with Crippen LogP contribution in [0.2, 0.25) is 0 Å². The van der Waals surface area contributed by atoms with Crippen LogP contribution in [0.25, 0.3) is 0 Å². The lowest BCUT2D eigenvalue weighted by Crippen LogP contribution is -2.23. The molecule has 0 radical (unpaired) electrons. The van der Waals surface area contributed by atoms with Gasteiger partial charge in [0, 0.05) is 25.0 Å². The Balaban J connectivity index is 0.00000253. The van der Waals surface area contributed by atoms with Crippen LogP contribution in [0.3, 0.4) is 0 Å². The fourth-order valence-electron chi connectivity index (χ4n) is 4.03. The number of aromatic nitrogens is 2. The normalized spacial score (nSPS) is 11.2. The highest BCUT2D eigenvalue weighted by molar-refractivity contribution is 5.91. The van der Waals surface area contributed by atoms with Crippen LogP contribution in [0.1, 0.15) is 34.3 Å². The highest BCUT2D eigenvalue weighted by Gasteiger charge is 2.12. The zero-order valence-electron chi connectivity index (χ0n) is 21.1. The Morgan fingerprint density at radius 3 is 2.32 bits per heavy atom. The minimum Gasteiger partial charge on any atom is -0.387 e. The van der Waals surface area contributed by atoms with Crippen molar-refractivity contribution in [3.63, 3.8) is 0 Å². The van der Waals surface area contributed by atoms with Gasteiger partial charge in [0.2, 0.25) is 5.91 Å². The van der Waals surface area contributed by atoms with Crippen molar-refractivity contribution in [1.82, 2.24) is 14.9 Å². The standard InChI is InChI=1S/C29H31FN4O2.2ClH/c1-21-19-34(20-23-7-11-25(30)12-8-23)28(32-21)17-29(36)33-26-13-9-22(10-14-26)15-16-31-18-27(35)24-5-3-2-4-6-24;;/h2-14,19,27,31,35H,15-18,20H2,1H3,(H,33,36);2*1H/t27-;;/m0../s1. The number of rotatable bonds is 11. The number of nitrogens with one attached hydrogen (secondary N) is 2. The second-order valence-electron chi connectivity index (χ2n) is 8.86. The minimum atomic E-state index is -0.529. The number of benzene rings is 3. The molecular weight excluding hydrogens is 526 g/mol. The topological polar surface area (TPSA) is 79.2 Å². The van der Waals surface area contributed by atoms with Gasteiger partial charge in [0.05, 0.1) is 18.2 Å². The number of hydrogen-bond donors (Lipinski definition) is 3. The van der Waals surface area contributed by atoms with Crippen LogP contribution in [0.5, 0.6) is 0 Å². The first kappa shape index (κ1) is 31.0. The fourth-order valence-corrected chi connectivity index (χ4v) is 4.03. The van der Waals surface area contributed by atoms with Gasteiger partial charge in [-0.2, -0.15) is 0 Å². The van der Waals surface area contributed by atoms with Crippen molar-refractivity contribution in [2.24, 2.45) is 0 Å². The average molecular weight is 560 g/mol. The van der Waals surface area contributed by atoms with Crippen LogP contribution in [0.4, 0.5) is 10.1 Å². The van der Waals surface area contributed by atoms with Crippen molar-refractivity contribution in [2.75, 3.05) is 18.4 Å². The third-order valence-corrected chi connectivity index (χ3v) is 5.91. The molecule has 0 saturated heterocycles. The Labute approximate surface area is 235 Å². The molecule has 0 aliphatic heterocycles. The molecule has 1 aromatic heterocycles. The van der Waals surface area contributed by atoms with E-state index in [1.54, 1.807) is 12.1 Å². The number of amides is 1. The van der Waals surface area contributed by atoms with E-state index < -0.39 is 6.10 Å². The highest BCUT2D eigenvalue weighted by Crippen LogP contribution is 2.14. The number of aryl methyl sites for hydroxylation is 1. The molecule has 0 fully saturated rings. The van der Waals surface area contributed by atoms with Gasteiger partial charge in [0.15, 0.2) is 0 Å². The molecule has 0 saturated carbocycles. The number of carbonyl (C=O) groups is 1. The van der Waals surface area contributed by atoms with E-state index in [2.05, 4.69) is 15.6 Å². The molecule has 4 aromatic rings. The Kier molecular flexibility index (Phi) is 12.4. The van der Waals surface area contributed by atoms with Crippen LogP contribution in [-0.4, -0.2) is 33.7 Å². The smallest absolute Gasteiger partial charge is 0.231 e. The summed E-state index contributed by atoms with van der Waals surface area (Å²) >= 11 is 0. The van der Waals surface area contributed by atoms with Crippen molar-refractivity contribution < 1.29 is 14.3 Å². The van der Waals surface area contributed by atoms with Gasteiger partial charge in [0.1, 0.15) is 11.6 Å². The van der Waals surface area contributed by atoms with Gasteiger partial charge >= 0.3 is 0 Å². The van der Waals surface area contributed by atoms with Crippen molar-refractivity contribution in [3.8, 4) is 0 Å². The van der Waals surface area contributed by atoms with Crippen molar-refractivity contribution in [1.29, 1.82) is 0 Å². The third kappa shape index (κ3) is 9.26. The molecule has 6 nitrogen and oxygen atoms in total. The monoisotopic (exact) mass is 558 g/mol. The van der Waals surface area contributed by atoms with Crippen LogP contribution in [0, 0.1) is 12.7 Å². The summed E-state index contributed by atoms with van der Waals surface area (Å²) in [6, 6.07) is 23.7. The van der Waals surface area contributed by atoms with E-state index in [1.165, 1.54) is 12.1 Å². The summed E-state index contributed by atoms with van der Waals surface area (Å²) in [5.41, 5.74) is 4.53. The van der Waals surface area contributed by atoms with Crippen molar-refractivity contribution in [3.05, 3.63) is 119 Å².